The third-order valence-corrected chi connectivity index (χ3v) is 8.18. The highest BCUT2D eigenvalue weighted by molar-refractivity contribution is 6.16. The number of halogens is 1. The standard InChI is InChI=1S/C30H40FN5O2/c1-22(13-16-32)38-27-12-5-7-23(19-27)21-35-17-14-30(15-18-35)28(33-25-9-3-2-4-10-25)34-29(37)36(30)26-11-6-8-24(31)20-26/h5-8,11-12,19-20,22,25H,2-4,9-10,13-18,21,32H2,1H3,(H,33,34,37). The molecule has 38 heavy (non-hydrogen) atoms. The lowest BCUT2D eigenvalue weighted by Crippen LogP contribution is -2.62. The molecule has 1 atom stereocenters. The van der Waals surface area contributed by atoms with E-state index < -0.39 is 5.54 Å². The van der Waals surface area contributed by atoms with Crippen LogP contribution in [0.2, 0.25) is 0 Å². The zero-order chi connectivity index (χ0) is 26.5. The van der Waals surface area contributed by atoms with Crippen LogP contribution in [0.5, 0.6) is 5.75 Å². The summed E-state index contributed by atoms with van der Waals surface area (Å²) in [6.07, 6.45) is 8.20. The monoisotopic (exact) mass is 521 g/mol. The third-order valence-electron chi connectivity index (χ3n) is 8.18. The Morgan fingerprint density at radius 3 is 2.63 bits per heavy atom. The van der Waals surface area contributed by atoms with Gasteiger partial charge in [-0.15, -0.1) is 0 Å². The number of hydrogen-bond acceptors (Lipinski definition) is 5. The van der Waals surface area contributed by atoms with Gasteiger partial charge in [-0.25, -0.2) is 9.18 Å². The molecule has 7 nitrogen and oxygen atoms in total. The average Bonchev–Trinajstić information content (AvgIpc) is 3.16. The Morgan fingerprint density at radius 2 is 1.89 bits per heavy atom. The van der Waals surface area contributed by atoms with Gasteiger partial charge in [0.05, 0.1) is 6.10 Å². The van der Waals surface area contributed by atoms with Crippen LogP contribution in [-0.2, 0) is 6.54 Å². The second kappa shape index (κ2) is 11.8. The van der Waals surface area contributed by atoms with Crippen molar-refractivity contribution in [3.8, 4) is 5.75 Å². The lowest BCUT2D eigenvalue weighted by atomic mass is 9.83. The van der Waals surface area contributed by atoms with Crippen LogP contribution in [0.3, 0.4) is 0 Å². The number of carbonyl (C=O) groups is 1. The summed E-state index contributed by atoms with van der Waals surface area (Å²) in [6, 6.07) is 14.6. The summed E-state index contributed by atoms with van der Waals surface area (Å²) in [5.41, 5.74) is 6.85. The fourth-order valence-electron chi connectivity index (χ4n) is 6.16. The molecule has 0 aromatic heterocycles. The number of rotatable bonds is 8. The Morgan fingerprint density at radius 1 is 1.13 bits per heavy atom. The first-order valence-corrected chi connectivity index (χ1v) is 14.1. The van der Waals surface area contributed by atoms with E-state index in [1.54, 1.807) is 11.0 Å². The SMILES string of the molecule is CC(CCN)Oc1cccc(CN2CCC3(CC2)C(NC2CCCCC2)=NC(=O)N3c2cccc(F)c2)c1. The van der Waals surface area contributed by atoms with E-state index in [4.69, 9.17) is 10.5 Å². The van der Waals surface area contributed by atoms with Gasteiger partial charge in [-0.05, 0) is 81.5 Å². The van der Waals surface area contributed by atoms with Gasteiger partial charge >= 0.3 is 6.03 Å². The van der Waals surface area contributed by atoms with Crippen LogP contribution >= 0.6 is 0 Å². The highest BCUT2D eigenvalue weighted by Crippen LogP contribution is 2.39. The first-order chi connectivity index (χ1) is 18.5. The second-order valence-corrected chi connectivity index (χ2v) is 11.0. The smallest absolute Gasteiger partial charge is 0.350 e. The summed E-state index contributed by atoms with van der Waals surface area (Å²) in [4.78, 5) is 22.0. The summed E-state index contributed by atoms with van der Waals surface area (Å²) in [7, 11) is 0. The maximum Gasteiger partial charge on any atom is 0.350 e. The van der Waals surface area contributed by atoms with Crippen LogP contribution in [0.4, 0.5) is 14.9 Å². The Bertz CT molecular complexity index is 1140. The molecule has 3 N–H and O–H groups in total. The summed E-state index contributed by atoms with van der Waals surface area (Å²) in [5, 5.41) is 3.67. The maximum atomic E-state index is 14.2. The highest BCUT2D eigenvalue weighted by Gasteiger charge is 2.52. The lowest BCUT2D eigenvalue weighted by molar-refractivity contribution is 0.180. The van der Waals surface area contributed by atoms with E-state index in [1.165, 1.54) is 37.0 Å². The molecule has 1 saturated heterocycles. The predicted molar refractivity (Wildman–Crippen MR) is 149 cm³/mol. The van der Waals surface area contributed by atoms with E-state index in [1.807, 2.05) is 25.1 Å². The van der Waals surface area contributed by atoms with Gasteiger partial charge in [-0.2, -0.15) is 4.99 Å². The summed E-state index contributed by atoms with van der Waals surface area (Å²) < 4.78 is 20.3. The Balaban J connectivity index is 1.32. The number of carbonyl (C=O) groups excluding carboxylic acids is 1. The van der Waals surface area contributed by atoms with Gasteiger partial charge in [-0.3, -0.25) is 9.80 Å². The summed E-state index contributed by atoms with van der Waals surface area (Å²) >= 11 is 0. The average molecular weight is 522 g/mol. The number of anilines is 1. The lowest BCUT2D eigenvalue weighted by Gasteiger charge is -2.45. The molecule has 3 aliphatic rings. The molecule has 1 unspecified atom stereocenters. The van der Waals surface area contributed by atoms with Crippen molar-refractivity contribution in [2.24, 2.45) is 10.7 Å². The van der Waals surface area contributed by atoms with Crippen molar-refractivity contribution in [1.82, 2.24) is 10.2 Å². The van der Waals surface area contributed by atoms with Crippen molar-refractivity contribution in [3.05, 3.63) is 59.9 Å². The molecule has 0 bridgehead atoms. The van der Waals surface area contributed by atoms with Gasteiger partial charge < -0.3 is 15.8 Å². The van der Waals surface area contributed by atoms with Crippen molar-refractivity contribution in [2.75, 3.05) is 24.5 Å². The van der Waals surface area contributed by atoms with Crippen molar-refractivity contribution in [1.29, 1.82) is 0 Å². The van der Waals surface area contributed by atoms with Crippen LogP contribution in [-0.4, -0.2) is 54.1 Å². The number of likely N-dealkylation sites (tertiary alicyclic amines) is 1. The molecule has 2 heterocycles. The largest absolute Gasteiger partial charge is 0.491 e. The molecule has 2 fully saturated rings. The number of nitrogens with one attached hydrogen (secondary N) is 1. The zero-order valence-corrected chi connectivity index (χ0v) is 22.4. The Labute approximate surface area is 225 Å². The Kier molecular flexibility index (Phi) is 8.29. The molecule has 2 aromatic carbocycles. The Hall–Kier alpha value is -2.97. The van der Waals surface area contributed by atoms with E-state index in [2.05, 4.69) is 27.3 Å². The highest BCUT2D eigenvalue weighted by atomic mass is 19.1. The number of aliphatic imine (C=N–C) groups is 1. The van der Waals surface area contributed by atoms with Crippen molar-refractivity contribution >= 4 is 17.6 Å². The minimum absolute atomic E-state index is 0.0770. The first-order valence-electron chi connectivity index (χ1n) is 14.1. The van der Waals surface area contributed by atoms with Gasteiger partial charge in [0, 0.05) is 31.4 Å². The number of benzene rings is 2. The number of nitrogens with zero attached hydrogens (tertiary/aromatic N) is 3. The minimum Gasteiger partial charge on any atom is -0.491 e. The molecule has 2 amide bonds. The van der Waals surface area contributed by atoms with Crippen LogP contribution in [0, 0.1) is 5.82 Å². The molecule has 1 aliphatic carbocycles. The number of amidine groups is 1. The number of piperidine rings is 1. The minimum atomic E-state index is -0.582. The number of urea groups is 1. The quantitative estimate of drug-likeness (QED) is 0.497. The van der Waals surface area contributed by atoms with Crippen molar-refractivity contribution in [3.63, 3.8) is 0 Å². The van der Waals surface area contributed by atoms with Crippen LogP contribution in [0.25, 0.3) is 0 Å². The normalized spacial score (nSPS) is 21.0. The van der Waals surface area contributed by atoms with E-state index in [0.717, 1.165) is 63.3 Å². The molecule has 5 rings (SSSR count). The van der Waals surface area contributed by atoms with Gasteiger partial charge in [0.15, 0.2) is 0 Å². The topological polar surface area (TPSA) is 83.2 Å². The van der Waals surface area contributed by atoms with Crippen molar-refractivity contribution < 1.29 is 13.9 Å². The molecule has 8 heteroatoms. The van der Waals surface area contributed by atoms with Crippen LogP contribution < -0.4 is 20.7 Å². The number of nitrogens with two attached hydrogens (primary N) is 1. The number of amides is 2. The van der Waals surface area contributed by atoms with Crippen LogP contribution in [0.1, 0.15) is 63.9 Å². The molecule has 204 valence electrons. The van der Waals surface area contributed by atoms with Gasteiger partial charge in [0.1, 0.15) is 22.9 Å². The summed E-state index contributed by atoms with van der Waals surface area (Å²) in [5.74, 6) is 1.28. The van der Waals surface area contributed by atoms with E-state index in [9.17, 15) is 9.18 Å². The molecule has 2 aliphatic heterocycles. The molecule has 2 aromatic rings. The number of hydrogen-bond donors (Lipinski definition) is 2. The van der Waals surface area contributed by atoms with Crippen LogP contribution in [0.15, 0.2) is 53.5 Å². The first kappa shape index (κ1) is 26.6. The predicted octanol–water partition coefficient (Wildman–Crippen LogP) is 5.24. The maximum absolute atomic E-state index is 14.2. The van der Waals surface area contributed by atoms with E-state index in [0.29, 0.717) is 18.3 Å². The zero-order valence-electron chi connectivity index (χ0n) is 22.4. The molecule has 1 saturated carbocycles. The fourth-order valence-corrected chi connectivity index (χ4v) is 6.16. The third kappa shape index (κ3) is 5.86. The number of ether oxygens (including phenoxy) is 1. The van der Waals surface area contributed by atoms with E-state index in [-0.39, 0.29) is 18.0 Å². The van der Waals surface area contributed by atoms with Gasteiger partial charge in [0.25, 0.3) is 0 Å². The fraction of sp³-hybridized carbons (Fsp3) is 0.533. The molecule has 1 spiro atoms. The van der Waals surface area contributed by atoms with Crippen molar-refractivity contribution in [2.45, 2.75) is 82.5 Å². The van der Waals surface area contributed by atoms with E-state index >= 15 is 0 Å². The van der Waals surface area contributed by atoms with Gasteiger partial charge in [-0.1, -0.05) is 37.5 Å². The molecule has 0 radical (unpaired) electrons. The molecular weight excluding hydrogens is 481 g/mol. The van der Waals surface area contributed by atoms with Gasteiger partial charge in [0.2, 0.25) is 0 Å². The summed E-state index contributed by atoms with van der Waals surface area (Å²) in [6.45, 7) is 5.05. The molecular formula is C30H40FN5O2. The second-order valence-electron chi connectivity index (χ2n) is 11.0.